The number of alkyl halides is 9. The first-order valence-electron chi connectivity index (χ1n) is 6.83. The highest BCUT2D eigenvalue weighted by Gasteiger charge is 2.72. The van der Waals surface area contributed by atoms with Gasteiger partial charge in [-0.15, -0.1) is 0 Å². The van der Waals surface area contributed by atoms with Crippen LogP contribution in [0.4, 0.5) is 39.5 Å². The predicted molar refractivity (Wildman–Crippen MR) is 69.5 cm³/mol. The first-order valence-corrected chi connectivity index (χ1v) is 8.24. The summed E-state index contributed by atoms with van der Waals surface area (Å²) in [5.74, 6) is 0. The highest BCUT2D eigenvalue weighted by atomic mass is 32.2. The van der Waals surface area contributed by atoms with E-state index in [0.29, 0.717) is 0 Å². The fourth-order valence-corrected chi connectivity index (χ4v) is 1.43. The lowest BCUT2D eigenvalue weighted by Crippen LogP contribution is -2.54. The SMILES string of the molecule is CC[N+](C)(CC)CC.O=S(=O)([O-])C(F)(F)C(F)(F)OC(F)(F)C(F)(F)F. The first-order chi connectivity index (χ1) is 11.1. The third-order valence-electron chi connectivity index (χ3n) is 3.53. The van der Waals surface area contributed by atoms with E-state index in [1.807, 2.05) is 0 Å². The Morgan fingerprint density at radius 3 is 1.27 bits per heavy atom. The molecule has 26 heavy (non-hydrogen) atoms. The second-order valence-electron chi connectivity index (χ2n) is 5.17. The molecular formula is C11H18F9NO4S. The van der Waals surface area contributed by atoms with Crippen LogP contribution in [0.25, 0.3) is 0 Å². The summed E-state index contributed by atoms with van der Waals surface area (Å²) in [7, 11) is -4.95. The summed E-state index contributed by atoms with van der Waals surface area (Å²) in [4.78, 5) is 0. The predicted octanol–water partition coefficient (Wildman–Crippen LogP) is 3.38. The smallest absolute Gasteiger partial charge is 0.483 e. The molecule has 0 heterocycles. The van der Waals surface area contributed by atoms with Gasteiger partial charge in [-0.2, -0.15) is 39.5 Å². The van der Waals surface area contributed by atoms with E-state index in [1.165, 1.54) is 28.9 Å². The van der Waals surface area contributed by atoms with E-state index >= 15 is 0 Å². The Morgan fingerprint density at radius 1 is 0.808 bits per heavy atom. The Morgan fingerprint density at radius 2 is 1.12 bits per heavy atom. The van der Waals surface area contributed by atoms with E-state index in [1.54, 1.807) is 0 Å². The number of hydrogen-bond donors (Lipinski definition) is 0. The second-order valence-corrected chi connectivity index (χ2v) is 6.59. The zero-order valence-corrected chi connectivity index (χ0v) is 14.8. The van der Waals surface area contributed by atoms with E-state index in [-0.39, 0.29) is 0 Å². The van der Waals surface area contributed by atoms with Crippen molar-refractivity contribution >= 4 is 10.1 Å². The van der Waals surface area contributed by atoms with E-state index in [2.05, 4.69) is 27.8 Å². The number of halogens is 9. The summed E-state index contributed by atoms with van der Waals surface area (Å²) in [6.45, 7) is 10.5. The van der Waals surface area contributed by atoms with Crippen LogP contribution in [0.3, 0.4) is 0 Å². The summed E-state index contributed by atoms with van der Waals surface area (Å²) < 4.78 is 138. The third-order valence-corrected chi connectivity index (χ3v) is 4.40. The molecule has 5 nitrogen and oxygen atoms in total. The molecular weight excluding hydrogens is 413 g/mol. The summed E-state index contributed by atoms with van der Waals surface area (Å²) in [5, 5.41) is -6.81. The summed E-state index contributed by atoms with van der Waals surface area (Å²) >= 11 is 0. The summed E-state index contributed by atoms with van der Waals surface area (Å²) in [6, 6.07) is 0. The van der Waals surface area contributed by atoms with Crippen molar-refractivity contribution in [3.8, 4) is 0 Å². The van der Waals surface area contributed by atoms with E-state index in [0.717, 1.165) is 0 Å². The van der Waals surface area contributed by atoms with Gasteiger partial charge in [-0.1, -0.05) is 0 Å². The standard InChI is InChI=1S/C7H18N.C4HF9O4S/c1-5-8(4,6-2)7-3;5-1(6,7)2(8,9)17-3(10,11)4(12,13)18(14,15)16/h5-7H2,1-4H3;(H,14,15,16)/q+1;/p-1. The molecule has 15 heteroatoms. The van der Waals surface area contributed by atoms with Crippen molar-refractivity contribution in [2.24, 2.45) is 0 Å². The lowest BCUT2D eigenvalue weighted by molar-refractivity contribution is -0.904. The molecule has 0 aromatic rings. The van der Waals surface area contributed by atoms with E-state index in [9.17, 15) is 52.5 Å². The summed E-state index contributed by atoms with van der Waals surface area (Å²) in [6.07, 6.45) is -20.5. The molecule has 0 N–H and O–H groups in total. The average molecular weight is 431 g/mol. The third kappa shape index (κ3) is 6.74. The van der Waals surface area contributed by atoms with Gasteiger partial charge in [0.15, 0.2) is 10.1 Å². The largest absolute Gasteiger partial charge is 0.743 e. The fourth-order valence-electron chi connectivity index (χ4n) is 1.09. The van der Waals surface area contributed by atoms with Crippen molar-refractivity contribution in [3.63, 3.8) is 0 Å². The van der Waals surface area contributed by atoms with E-state index in [4.69, 9.17) is 0 Å². The van der Waals surface area contributed by atoms with Crippen LogP contribution in [-0.4, -0.2) is 67.8 Å². The van der Waals surface area contributed by atoms with Crippen molar-refractivity contribution in [2.75, 3.05) is 26.7 Å². The van der Waals surface area contributed by atoms with Gasteiger partial charge >= 0.3 is 23.6 Å². The fraction of sp³-hybridized carbons (Fsp3) is 1.00. The van der Waals surface area contributed by atoms with Crippen LogP contribution >= 0.6 is 0 Å². The minimum absolute atomic E-state index is 1.21. The Labute approximate surface area is 144 Å². The van der Waals surface area contributed by atoms with Gasteiger partial charge in [0, 0.05) is 0 Å². The Bertz CT molecular complexity index is 536. The molecule has 0 amide bonds. The van der Waals surface area contributed by atoms with Crippen molar-refractivity contribution in [1.29, 1.82) is 0 Å². The quantitative estimate of drug-likeness (QED) is 0.352. The maximum absolute atomic E-state index is 12.2. The second kappa shape index (κ2) is 8.48. The Kier molecular flexibility index (Phi) is 8.94. The molecule has 0 radical (unpaired) electrons. The number of nitrogens with zero attached hydrogens (tertiary/aromatic N) is 1. The molecule has 0 aliphatic heterocycles. The Hall–Kier alpha value is -0.800. The molecule has 0 aromatic heterocycles. The number of ether oxygens (including phenoxy) is 1. The molecule has 160 valence electrons. The van der Waals surface area contributed by atoms with Gasteiger partial charge in [0.25, 0.3) is 0 Å². The molecule has 0 rings (SSSR count). The van der Waals surface area contributed by atoms with Crippen LogP contribution in [0.2, 0.25) is 0 Å². The maximum atomic E-state index is 12.2. The molecule has 0 saturated heterocycles. The molecule has 0 saturated carbocycles. The van der Waals surface area contributed by atoms with Gasteiger partial charge < -0.3 is 9.04 Å². The normalized spacial score (nSPS) is 14.7. The van der Waals surface area contributed by atoms with Crippen LogP contribution in [0.15, 0.2) is 0 Å². The van der Waals surface area contributed by atoms with Gasteiger partial charge in [-0.25, -0.2) is 13.2 Å². The Balaban J connectivity index is 0. The van der Waals surface area contributed by atoms with Crippen LogP contribution in [0, 0.1) is 0 Å². The van der Waals surface area contributed by atoms with Crippen LogP contribution in [0.1, 0.15) is 20.8 Å². The van der Waals surface area contributed by atoms with E-state index < -0.39 is 33.8 Å². The molecule has 0 fully saturated rings. The molecule has 0 bridgehead atoms. The van der Waals surface area contributed by atoms with Gasteiger partial charge in [0.1, 0.15) is 0 Å². The zero-order valence-electron chi connectivity index (χ0n) is 14.0. The van der Waals surface area contributed by atoms with Crippen molar-refractivity contribution in [3.05, 3.63) is 0 Å². The number of rotatable bonds is 7. The minimum atomic E-state index is -7.24. The van der Waals surface area contributed by atoms with Gasteiger partial charge in [0.05, 0.1) is 26.7 Å². The van der Waals surface area contributed by atoms with Crippen molar-refractivity contribution < 1.29 is 61.7 Å². The molecule has 0 aliphatic carbocycles. The van der Waals surface area contributed by atoms with Crippen LogP contribution in [0.5, 0.6) is 0 Å². The highest BCUT2D eigenvalue weighted by Crippen LogP contribution is 2.46. The van der Waals surface area contributed by atoms with Gasteiger partial charge in [0.2, 0.25) is 0 Å². The average Bonchev–Trinajstić information content (AvgIpc) is 2.43. The van der Waals surface area contributed by atoms with Crippen LogP contribution in [-0.2, 0) is 14.9 Å². The highest BCUT2D eigenvalue weighted by molar-refractivity contribution is 7.86. The molecule has 0 aromatic carbocycles. The topological polar surface area (TPSA) is 66.4 Å². The molecule has 0 unspecified atom stereocenters. The van der Waals surface area contributed by atoms with Crippen molar-refractivity contribution in [2.45, 2.75) is 44.4 Å². The lowest BCUT2D eigenvalue weighted by atomic mass is 10.4. The number of quaternary nitrogens is 1. The molecule has 0 spiro atoms. The first kappa shape index (κ1) is 27.4. The van der Waals surface area contributed by atoms with Gasteiger partial charge in [-0.3, -0.25) is 0 Å². The lowest BCUT2D eigenvalue weighted by Gasteiger charge is -2.31. The minimum Gasteiger partial charge on any atom is -0.743 e. The molecule has 0 atom stereocenters. The monoisotopic (exact) mass is 431 g/mol. The van der Waals surface area contributed by atoms with Gasteiger partial charge in [-0.05, 0) is 20.8 Å². The number of hydrogen-bond acceptors (Lipinski definition) is 4. The zero-order chi connectivity index (χ0) is 21.8. The van der Waals surface area contributed by atoms with Crippen LogP contribution < -0.4 is 0 Å². The van der Waals surface area contributed by atoms with Crippen molar-refractivity contribution in [1.82, 2.24) is 0 Å². The molecule has 0 aliphatic rings. The summed E-state index contributed by atoms with van der Waals surface area (Å²) in [5.41, 5.74) is 0. The maximum Gasteiger partial charge on any atom is 0.483 e.